The Morgan fingerprint density at radius 2 is 1.43 bits per heavy atom. The summed E-state index contributed by atoms with van der Waals surface area (Å²) in [5, 5.41) is 5.57. The highest BCUT2D eigenvalue weighted by Gasteiger charge is 2.15. The van der Waals surface area contributed by atoms with Gasteiger partial charge in [0.25, 0.3) is 11.8 Å². The molecule has 0 unspecified atom stereocenters. The molecule has 6 heteroatoms. The van der Waals surface area contributed by atoms with E-state index in [1.165, 1.54) is 43.9 Å². The Bertz CT molecular complexity index is 1220. The number of anilines is 1. The third-order valence-electron chi connectivity index (χ3n) is 6.59. The van der Waals surface area contributed by atoms with Crippen molar-refractivity contribution in [1.29, 1.82) is 0 Å². The normalized spacial score (nSPS) is 11.2. The minimum absolute atomic E-state index is 0.0510. The van der Waals surface area contributed by atoms with Crippen LogP contribution < -0.4 is 15.4 Å². The standard InChI is InChI=1S/C34H41FN2O3/c1-3-5-7-8-9-10-24-40-31-22-20-30(21-23-31)36-34(39)32(25-27-14-18-29(35)19-15-27)37-33(38)28-16-12-26(13-17-28)11-6-4-2/h12-23,25H,3-11,24H2,1-2H3,(H,36,39)(H,37,38). The van der Waals surface area contributed by atoms with Crippen molar-refractivity contribution in [3.8, 4) is 5.75 Å². The summed E-state index contributed by atoms with van der Waals surface area (Å²) in [6.45, 7) is 5.01. The van der Waals surface area contributed by atoms with Crippen LogP contribution in [0.15, 0.2) is 78.5 Å². The van der Waals surface area contributed by atoms with Crippen molar-refractivity contribution in [3.63, 3.8) is 0 Å². The smallest absolute Gasteiger partial charge is 0.272 e. The monoisotopic (exact) mass is 544 g/mol. The molecular formula is C34H41FN2O3. The molecule has 0 saturated carbocycles. The van der Waals surface area contributed by atoms with Crippen molar-refractivity contribution in [2.45, 2.75) is 71.6 Å². The van der Waals surface area contributed by atoms with Crippen LogP contribution in [0.25, 0.3) is 6.08 Å². The van der Waals surface area contributed by atoms with Gasteiger partial charge in [0.1, 0.15) is 17.3 Å². The van der Waals surface area contributed by atoms with Crippen molar-refractivity contribution in [3.05, 3.63) is 101 Å². The molecular weight excluding hydrogens is 503 g/mol. The van der Waals surface area contributed by atoms with E-state index in [1.54, 1.807) is 36.4 Å². The van der Waals surface area contributed by atoms with Gasteiger partial charge in [-0.2, -0.15) is 0 Å². The largest absolute Gasteiger partial charge is 0.494 e. The Morgan fingerprint density at radius 1 is 0.775 bits per heavy atom. The van der Waals surface area contributed by atoms with E-state index in [1.807, 2.05) is 24.3 Å². The average molecular weight is 545 g/mol. The van der Waals surface area contributed by atoms with E-state index < -0.39 is 11.8 Å². The lowest BCUT2D eigenvalue weighted by atomic mass is 10.1. The summed E-state index contributed by atoms with van der Waals surface area (Å²) >= 11 is 0. The van der Waals surface area contributed by atoms with Crippen LogP contribution in [0, 0.1) is 5.82 Å². The lowest BCUT2D eigenvalue weighted by molar-refractivity contribution is -0.113. The lowest BCUT2D eigenvalue weighted by Gasteiger charge is -2.12. The van der Waals surface area contributed by atoms with E-state index in [-0.39, 0.29) is 11.5 Å². The molecule has 2 N–H and O–H groups in total. The van der Waals surface area contributed by atoms with Crippen LogP contribution in [0.5, 0.6) is 5.75 Å². The molecule has 0 aliphatic heterocycles. The number of benzene rings is 3. The van der Waals surface area contributed by atoms with Gasteiger partial charge in [-0.25, -0.2) is 4.39 Å². The molecule has 2 amide bonds. The van der Waals surface area contributed by atoms with Crippen LogP contribution in [0.1, 0.15) is 86.7 Å². The number of hydrogen-bond acceptors (Lipinski definition) is 3. The van der Waals surface area contributed by atoms with Crippen LogP contribution in [-0.2, 0) is 11.2 Å². The maximum atomic E-state index is 13.4. The summed E-state index contributed by atoms with van der Waals surface area (Å²) < 4.78 is 19.3. The second-order valence-electron chi connectivity index (χ2n) is 9.96. The summed E-state index contributed by atoms with van der Waals surface area (Å²) in [4.78, 5) is 26.2. The number of carbonyl (C=O) groups excluding carboxylic acids is 2. The first-order chi connectivity index (χ1) is 19.5. The number of aryl methyl sites for hydroxylation is 1. The van der Waals surface area contributed by atoms with Crippen molar-refractivity contribution >= 4 is 23.6 Å². The Hall–Kier alpha value is -3.93. The number of halogens is 1. The minimum Gasteiger partial charge on any atom is -0.494 e. The molecule has 0 radical (unpaired) electrons. The van der Waals surface area contributed by atoms with Gasteiger partial charge >= 0.3 is 0 Å². The third-order valence-corrected chi connectivity index (χ3v) is 6.59. The molecule has 3 aromatic carbocycles. The van der Waals surface area contributed by atoms with Crippen LogP contribution in [0.4, 0.5) is 10.1 Å². The number of carbonyl (C=O) groups is 2. The summed E-state index contributed by atoms with van der Waals surface area (Å²) in [6.07, 6.45) is 11.9. The van der Waals surface area contributed by atoms with E-state index in [0.29, 0.717) is 23.4 Å². The van der Waals surface area contributed by atoms with Gasteiger partial charge in [0, 0.05) is 11.3 Å². The molecule has 0 aliphatic rings. The molecule has 0 aliphatic carbocycles. The van der Waals surface area contributed by atoms with Crippen LogP contribution >= 0.6 is 0 Å². The maximum Gasteiger partial charge on any atom is 0.272 e. The highest BCUT2D eigenvalue weighted by Crippen LogP contribution is 2.18. The van der Waals surface area contributed by atoms with E-state index in [0.717, 1.165) is 43.4 Å². The molecule has 0 bridgehead atoms. The van der Waals surface area contributed by atoms with Gasteiger partial charge in [0.2, 0.25) is 0 Å². The predicted octanol–water partition coefficient (Wildman–Crippen LogP) is 8.32. The molecule has 0 spiro atoms. The molecule has 0 saturated heterocycles. The van der Waals surface area contributed by atoms with Gasteiger partial charge in [-0.1, -0.05) is 76.6 Å². The fraction of sp³-hybridized carbons (Fsp3) is 0.353. The topological polar surface area (TPSA) is 67.4 Å². The fourth-order valence-electron chi connectivity index (χ4n) is 4.19. The van der Waals surface area contributed by atoms with Gasteiger partial charge in [-0.15, -0.1) is 0 Å². The second-order valence-corrected chi connectivity index (χ2v) is 9.96. The van der Waals surface area contributed by atoms with Crippen molar-refractivity contribution in [2.24, 2.45) is 0 Å². The van der Waals surface area contributed by atoms with Gasteiger partial charge in [0.05, 0.1) is 6.61 Å². The maximum absolute atomic E-state index is 13.4. The first-order valence-corrected chi connectivity index (χ1v) is 14.4. The average Bonchev–Trinajstić information content (AvgIpc) is 2.97. The number of rotatable bonds is 16. The number of ether oxygens (including phenoxy) is 1. The predicted molar refractivity (Wildman–Crippen MR) is 161 cm³/mol. The van der Waals surface area contributed by atoms with Crippen LogP contribution in [-0.4, -0.2) is 18.4 Å². The first kappa shape index (κ1) is 30.6. The third kappa shape index (κ3) is 10.7. The molecule has 0 aromatic heterocycles. The quantitative estimate of drug-likeness (QED) is 0.141. The highest BCUT2D eigenvalue weighted by molar-refractivity contribution is 6.10. The summed E-state index contributed by atoms with van der Waals surface area (Å²) in [5.74, 6) is -0.527. The number of hydrogen-bond donors (Lipinski definition) is 2. The molecule has 0 fully saturated rings. The Morgan fingerprint density at radius 3 is 2.10 bits per heavy atom. The van der Waals surface area contributed by atoms with Gasteiger partial charge in [-0.05, 0) is 85.0 Å². The molecule has 3 aromatic rings. The number of amides is 2. The first-order valence-electron chi connectivity index (χ1n) is 14.4. The Labute approximate surface area is 237 Å². The number of nitrogens with one attached hydrogen (secondary N) is 2. The van der Waals surface area contributed by atoms with E-state index in [9.17, 15) is 14.0 Å². The molecule has 212 valence electrons. The highest BCUT2D eigenvalue weighted by atomic mass is 19.1. The molecule has 3 rings (SSSR count). The van der Waals surface area contributed by atoms with Gasteiger partial charge in [0.15, 0.2) is 0 Å². The van der Waals surface area contributed by atoms with Crippen molar-refractivity contribution in [2.75, 3.05) is 11.9 Å². The van der Waals surface area contributed by atoms with Crippen molar-refractivity contribution in [1.82, 2.24) is 5.32 Å². The van der Waals surface area contributed by atoms with Crippen LogP contribution in [0.3, 0.4) is 0 Å². The molecule has 0 atom stereocenters. The zero-order chi connectivity index (χ0) is 28.6. The summed E-state index contributed by atoms with van der Waals surface area (Å²) in [6, 6.07) is 20.3. The SMILES string of the molecule is CCCCCCCCOc1ccc(NC(=O)C(=Cc2ccc(F)cc2)NC(=O)c2ccc(CCCC)cc2)cc1. The van der Waals surface area contributed by atoms with Crippen LogP contribution in [0.2, 0.25) is 0 Å². The Kier molecular flexibility index (Phi) is 12.9. The van der Waals surface area contributed by atoms with Gasteiger partial charge in [-0.3, -0.25) is 9.59 Å². The Balaban J connectivity index is 1.64. The van der Waals surface area contributed by atoms with Gasteiger partial charge < -0.3 is 15.4 Å². The number of unbranched alkanes of at least 4 members (excludes halogenated alkanes) is 6. The van der Waals surface area contributed by atoms with E-state index >= 15 is 0 Å². The lowest BCUT2D eigenvalue weighted by Crippen LogP contribution is -2.30. The molecule has 0 heterocycles. The van der Waals surface area contributed by atoms with Crippen molar-refractivity contribution < 1.29 is 18.7 Å². The summed E-state index contributed by atoms with van der Waals surface area (Å²) in [7, 11) is 0. The molecule has 5 nitrogen and oxygen atoms in total. The zero-order valence-corrected chi connectivity index (χ0v) is 23.7. The second kappa shape index (κ2) is 16.9. The minimum atomic E-state index is -0.488. The van der Waals surface area contributed by atoms with E-state index in [2.05, 4.69) is 24.5 Å². The molecule has 40 heavy (non-hydrogen) atoms. The fourth-order valence-corrected chi connectivity index (χ4v) is 4.19. The van der Waals surface area contributed by atoms with E-state index in [4.69, 9.17) is 4.74 Å². The summed E-state index contributed by atoms with van der Waals surface area (Å²) in [5.41, 5.74) is 2.81. The zero-order valence-electron chi connectivity index (χ0n) is 23.7.